The molecule has 5 nitrogen and oxygen atoms in total. The number of fused-ring (bicyclic) bond motifs is 1. The SMILES string of the molecule is CC(NCCCn1cccn1)c1ccc2c(c1)OCCO2. The Bertz CT molecular complexity index is 569. The first kappa shape index (κ1) is 13.9. The molecule has 0 amide bonds. The van der Waals surface area contributed by atoms with E-state index >= 15 is 0 Å². The molecule has 0 saturated heterocycles. The fourth-order valence-corrected chi connectivity index (χ4v) is 2.44. The van der Waals surface area contributed by atoms with Crippen molar-refractivity contribution in [2.24, 2.45) is 0 Å². The van der Waals surface area contributed by atoms with E-state index in [9.17, 15) is 0 Å². The van der Waals surface area contributed by atoms with E-state index in [0.29, 0.717) is 19.3 Å². The maximum absolute atomic E-state index is 5.62. The predicted molar refractivity (Wildman–Crippen MR) is 80.7 cm³/mol. The van der Waals surface area contributed by atoms with Crippen molar-refractivity contribution in [1.29, 1.82) is 0 Å². The van der Waals surface area contributed by atoms with Crippen LogP contribution in [0.5, 0.6) is 11.5 Å². The zero-order valence-electron chi connectivity index (χ0n) is 12.3. The molecule has 112 valence electrons. The molecule has 1 N–H and O–H groups in total. The third-order valence-corrected chi connectivity index (χ3v) is 3.64. The third kappa shape index (κ3) is 3.55. The maximum Gasteiger partial charge on any atom is 0.161 e. The number of aryl methyl sites for hydroxylation is 1. The largest absolute Gasteiger partial charge is 0.486 e. The van der Waals surface area contributed by atoms with Crippen molar-refractivity contribution in [1.82, 2.24) is 15.1 Å². The van der Waals surface area contributed by atoms with E-state index in [1.54, 1.807) is 0 Å². The van der Waals surface area contributed by atoms with Gasteiger partial charge in [-0.05, 0) is 43.7 Å². The Hall–Kier alpha value is -2.01. The van der Waals surface area contributed by atoms with Crippen LogP contribution in [0.25, 0.3) is 0 Å². The van der Waals surface area contributed by atoms with Crippen molar-refractivity contribution in [3.05, 3.63) is 42.2 Å². The van der Waals surface area contributed by atoms with Crippen molar-refractivity contribution in [2.45, 2.75) is 25.9 Å². The van der Waals surface area contributed by atoms with Gasteiger partial charge in [-0.25, -0.2) is 0 Å². The normalized spacial score (nSPS) is 14.9. The summed E-state index contributed by atoms with van der Waals surface area (Å²) in [5.41, 5.74) is 1.22. The third-order valence-electron chi connectivity index (χ3n) is 3.64. The van der Waals surface area contributed by atoms with Crippen molar-refractivity contribution >= 4 is 0 Å². The summed E-state index contributed by atoms with van der Waals surface area (Å²) in [7, 11) is 0. The van der Waals surface area contributed by atoms with E-state index in [1.165, 1.54) is 5.56 Å². The van der Waals surface area contributed by atoms with E-state index in [2.05, 4.69) is 29.5 Å². The summed E-state index contributed by atoms with van der Waals surface area (Å²) in [6.45, 7) is 5.32. The van der Waals surface area contributed by atoms with Crippen molar-refractivity contribution < 1.29 is 9.47 Å². The van der Waals surface area contributed by atoms with Crippen molar-refractivity contribution in [3.8, 4) is 11.5 Å². The van der Waals surface area contributed by atoms with Crippen molar-refractivity contribution in [2.75, 3.05) is 19.8 Å². The molecule has 0 aliphatic carbocycles. The van der Waals surface area contributed by atoms with Gasteiger partial charge in [0.2, 0.25) is 0 Å². The quantitative estimate of drug-likeness (QED) is 0.829. The molecule has 0 saturated carbocycles. The number of benzene rings is 1. The Labute approximate surface area is 124 Å². The molecule has 21 heavy (non-hydrogen) atoms. The van der Waals surface area contributed by atoms with Gasteiger partial charge >= 0.3 is 0 Å². The van der Waals surface area contributed by atoms with Crippen LogP contribution in [0.4, 0.5) is 0 Å². The van der Waals surface area contributed by atoms with Gasteiger partial charge in [-0.2, -0.15) is 5.10 Å². The van der Waals surface area contributed by atoms with Gasteiger partial charge in [-0.1, -0.05) is 6.07 Å². The van der Waals surface area contributed by atoms with E-state index in [-0.39, 0.29) is 0 Å². The Morgan fingerprint density at radius 2 is 2.14 bits per heavy atom. The van der Waals surface area contributed by atoms with Gasteiger partial charge in [0.25, 0.3) is 0 Å². The second-order valence-corrected chi connectivity index (χ2v) is 5.20. The van der Waals surface area contributed by atoms with Crippen LogP contribution in [-0.2, 0) is 6.54 Å². The van der Waals surface area contributed by atoms with E-state index in [0.717, 1.165) is 31.0 Å². The second-order valence-electron chi connectivity index (χ2n) is 5.20. The summed E-state index contributed by atoms with van der Waals surface area (Å²) in [4.78, 5) is 0. The highest BCUT2D eigenvalue weighted by atomic mass is 16.6. The van der Waals surface area contributed by atoms with Crippen LogP contribution in [0.2, 0.25) is 0 Å². The minimum atomic E-state index is 0.290. The smallest absolute Gasteiger partial charge is 0.161 e. The Morgan fingerprint density at radius 3 is 2.95 bits per heavy atom. The Balaban J connectivity index is 1.49. The van der Waals surface area contributed by atoms with Gasteiger partial charge < -0.3 is 14.8 Å². The average Bonchev–Trinajstić information content (AvgIpc) is 3.04. The zero-order chi connectivity index (χ0) is 14.5. The first-order chi connectivity index (χ1) is 10.3. The van der Waals surface area contributed by atoms with Crippen LogP contribution in [0.3, 0.4) is 0 Å². The summed E-state index contributed by atoms with van der Waals surface area (Å²) < 4.78 is 13.1. The van der Waals surface area contributed by atoms with Crippen LogP contribution < -0.4 is 14.8 Å². The number of hydrogen-bond acceptors (Lipinski definition) is 4. The van der Waals surface area contributed by atoms with Gasteiger partial charge in [0.1, 0.15) is 13.2 Å². The minimum absolute atomic E-state index is 0.290. The van der Waals surface area contributed by atoms with Gasteiger partial charge in [-0.3, -0.25) is 4.68 Å². The van der Waals surface area contributed by atoms with Gasteiger partial charge in [0.15, 0.2) is 11.5 Å². The molecule has 0 radical (unpaired) electrons. The number of nitrogens with one attached hydrogen (secondary N) is 1. The van der Waals surface area contributed by atoms with Crippen LogP contribution in [-0.4, -0.2) is 29.5 Å². The second kappa shape index (κ2) is 6.63. The molecule has 5 heteroatoms. The molecule has 3 rings (SSSR count). The predicted octanol–water partition coefficient (Wildman–Crippen LogP) is 2.40. The fourth-order valence-electron chi connectivity index (χ4n) is 2.44. The molecule has 0 bridgehead atoms. The Kier molecular flexibility index (Phi) is 4.40. The standard InChI is InChI=1S/C16H21N3O2/c1-13(17-6-2-8-19-9-3-7-18-19)14-4-5-15-16(12-14)21-11-10-20-15/h3-5,7,9,12-13,17H,2,6,8,10-11H2,1H3. The van der Waals surface area contributed by atoms with Gasteiger partial charge in [0.05, 0.1) is 0 Å². The lowest BCUT2D eigenvalue weighted by Crippen LogP contribution is -2.22. The number of ether oxygens (including phenoxy) is 2. The molecule has 0 spiro atoms. The number of aromatic nitrogens is 2. The lowest BCUT2D eigenvalue weighted by atomic mass is 10.1. The number of nitrogens with zero attached hydrogens (tertiary/aromatic N) is 2. The molecule has 2 heterocycles. The summed E-state index contributed by atoms with van der Waals surface area (Å²) >= 11 is 0. The summed E-state index contributed by atoms with van der Waals surface area (Å²) in [6.07, 6.45) is 4.85. The molecule has 1 aliphatic heterocycles. The van der Waals surface area contributed by atoms with Crippen LogP contribution in [0, 0.1) is 0 Å². The molecule has 1 aliphatic rings. The minimum Gasteiger partial charge on any atom is -0.486 e. The molecule has 1 aromatic carbocycles. The van der Waals surface area contributed by atoms with Gasteiger partial charge in [-0.15, -0.1) is 0 Å². The molecule has 1 unspecified atom stereocenters. The number of rotatable bonds is 6. The van der Waals surface area contributed by atoms with Crippen LogP contribution >= 0.6 is 0 Å². The highest BCUT2D eigenvalue weighted by Crippen LogP contribution is 2.32. The van der Waals surface area contributed by atoms with E-state index in [4.69, 9.17) is 9.47 Å². The van der Waals surface area contributed by atoms with E-state index < -0.39 is 0 Å². The summed E-state index contributed by atoms with van der Waals surface area (Å²) in [6, 6.07) is 8.40. The molecule has 2 aromatic rings. The molecule has 0 fully saturated rings. The topological polar surface area (TPSA) is 48.3 Å². The number of hydrogen-bond donors (Lipinski definition) is 1. The molecule has 1 atom stereocenters. The highest BCUT2D eigenvalue weighted by Gasteiger charge is 2.14. The average molecular weight is 287 g/mol. The van der Waals surface area contributed by atoms with Crippen LogP contribution in [0.15, 0.2) is 36.7 Å². The first-order valence-corrected chi connectivity index (χ1v) is 7.43. The van der Waals surface area contributed by atoms with Gasteiger partial charge in [0, 0.05) is 25.0 Å². The highest BCUT2D eigenvalue weighted by molar-refractivity contribution is 5.44. The lowest BCUT2D eigenvalue weighted by molar-refractivity contribution is 0.171. The lowest BCUT2D eigenvalue weighted by Gasteiger charge is -2.21. The summed E-state index contributed by atoms with van der Waals surface area (Å²) in [5.74, 6) is 1.69. The Morgan fingerprint density at radius 1 is 1.29 bits per heavy atom. The maximum atomic E-state index is 5.62. The molecule has 1 aromatic heterocycles. The monoisotopic (exact) mass is 287 g/mol. The van der Waals surface area contributed by atoms with E-state index in [1.807, 2.05) is 29.2 Å². The van der Waals surface area contributed by atoms with Crippen LogP contribution in [0.1, 0.15) is 24.9 Å². The molecular weight excluding hydrogens is 266 g/mol. The molecular formula is C16H21N3O2. The fraction of sp³-hybridized carbons (Fsp3) is 0.438. The zero-order valence-corrected chi connectivity index (χ0v) is 12.3. The summed E-state index contributed by atoms with van der Waals surface area (Å²) in [5, 5.41) is 7.73. The van der Waals surface area contributed by atoms with Crippen molar-refractivity contribution in [3.63, 3.8) is 0 Å². The first-order valence-electron chi connectivity index (χ1n) is 7.43.